The molecule has 0 spiro atoms. The molecule has 1 aromatic rings. The van der Waals surface area contributed by atoms with Gasteiger partial charge in [-0.15, -0.1) is 0 Å². The third-order valence-electron chi connectivity index (χ3n) is 3.26. The predicted octanol–water partition coefficient (Wildman–Crippen LogP) is 3.60. The summed E-state index contributed by atoms with van der Waals surface area (Å²) in [6.07, 6.45) is 5.83. The molecule has 0 atom stereocenters. The van der Waals surface area contributed by atoms with Crippen molar-refractivity contribution in [3.8, 4) is 0 Å². The fourth-order valence-electron chi connectivity index (χ4n) is 2.46. The molecule has 0 aromatic heterocycles. The maximum Gasteiger partial charge on any atom is 0.0965 e. The van der Waals surface area contributed by atoms with Gasteiger partial charge in [-0.1, -0.05) is 49.6 Å². The lowest BCUT2D eigenvalue weighted by atomic mass is 9.77. The average molecular weight is 200 g/mol. The molecule has 1 aliphatic carbocycles. The molecule has 0 amide bonds. The second-order valence-electron chi connectivity index (χ2n) is 4.18. The van der Waals surface area contributed by atoms with Crippen LogP contribution in [0.25, 0.3) is 0 Å². The van der Waals surface area contributed by atoms with E-state index in [0.717, 1.165) is 12.8 Å². The summed E-state index contributed by atoms with van der Waals surface area (Å²) in [5.41, 5.74) is 1.09. The Morgan fingerprint density at radius 1 is 1.07 bits per heavy atom. The Kier molecular flexibility index (Phi) is 2.98. The Hall–Kier alpha value is -1.40. The minimum Gasteiger partial charge on any atom is -0.242 e. The van der Waals surface area contributed by atoms with Crippen molar-refractivity contribution in [3.63, 3.8) is 0 Å². The number of aliphatic imine (C=N–C) groups is 1. The van der Waals surface area contributed by atoms with Crippen LogP contribution in [0.15, 0.2) is 35.3 Å². The van der Waals surface area contributed by atoms with E-state index < -0.39 is 0 Å². The molecule has 0 heterocycles. The highest BCUT2D eigenvalue weighted by atomic mass is 14.9. The van der Waals surface area contributed by atoms with Gasteiger partial charge in [0, 0.05) is 0 Å². The second kappa shape index (κ2) is 4.41. The molecule has 1 saturated carbocycles. The normalized spacial score (nSPS) is 19.2. The Balaban J connectivity index is 2.37. The molecule has 0 radical (unpaired) electrons. The van der Waals surface area contributed by atoms with Crippen LogP contribution in [-0.2, 0) is 5.54 Å². The summed E-state index contributed by atoms with van der Waals surface area (Å²) in [4.78, 5) is 4.30. The van der Waals surface area contributed by atoms with Crippen LogP contribution < -0.4 is 0 Å². The molecule has 0 bridgehead atoms. The van der Waals surface area contributed by atoms with E-state index in [9.17, 15) is 0 Å². The summed E-state index contributed by atoms with van der Waals surface area (Å²) >= 11 is 0. The van der Waals surface area contributed by atoms with E-state index in [-0.39, 0.29) is 5.54 Å². The topological polar surface area (TPSA) is 36.2 Å². The first-order chi connectivity index (χ1) is 7.37. The molecule has 0 unspecified atom stereocenters. The van der Waals surface area contributed by atoms with Gasteiger partial charge in [0.2, 0.25) is 0 Å². The molecule has 2 heteroatoms. The van der Waals surface area contributed by atoms with E-state index in [0.29, 0.717) is 0 Å². The molecule has 0 saturated heterocycles. The summed E-state index contributed by atoms with van der Waals surface area (Å²) in [5.74, 6) is 0. The second-order valence-corrected chi connectivity index (χ2v) is 4.18. The van der Waals surface area contributed by atoms with Crippen LogP contribution in [0, 0.1) is 5.41 Å². The van der Waals surface area contributed by atoms with Gasteiger partial charge in [0.1, 0.15) is 0 Å². The van der Waals surface area contributed by atoms with Gasteiger partial charge in [-0.05, 0) is 18.4 Å². The summed E-state index contributed by atoms with van der Waals surface area (Å²) in [6, 6.07) is 12.6. The Bertz CT molecular complexity index is 357. The maximum absolute atomic E-state index is 7.10. The van der Waals surface area contributed by atoms with Crippen LogP contribution >= 0.6 is 0 Å². The zero-order chi connectivity index (χ0) is 10.6. The van der Waals surface area contributed by atoms with Crippen molar-refractivity contribution >= 4 is 6.01 Å². The Labute approximate surface area is 90.6 Å². The first-order valence-corrected chi connectivity index (χ1v) is 5.57. The quantitative estimate of drug-likeness (QED) is 0.708. The average Bonchev–Trinajstić information content (AvgIpc) is 2.32. The van der Waals surface area contributed by atoms with Crippen molar-refractivity contribution in [1.82, 2.24) is 0 Å². The van der Waals surface area contributed by atoms with E-state index in [2.05, 4.69) is 23.1 Å². The largest absolute Gasteiger partial charge is 0.242 e. The fourth-order valence-corrected chi connectivity index (χ4v) is 2.46. The van der Waals surface area contributed by atoms with Gasteiger partial charge in [0.25, 0.3) is 0 Å². The molecule has 1 N–H and O–H groups in total. The number of rotatable bonds is 2. The molecule has 1 fully saturated rings. The maximum atomic E-state index is 7.10. The molecule has 2 rings (SSSR count). The molecule has 2 nitrogen and oxygen atoms in total. The van der Waals surface area contributed by atoms with Crippen LogP contribution in [0.3, 0.4) is 0 Å². The highest BCUT2D eigenvalue weighted by Gasteiger charge is 2.32. The molecule has 0 aliphatic heterocycles. The van der Waals surface area contributed by atoms with Gasteiger partial charge < -0.3 is 0 Å². The lowest BCUT2D eigenvalue weighted by Crippen LogP contribution is -2.26. The van der Waals surface area contributed by atoms with E-state index in [1.165, 1.54) is 24.8 Å². The minimum absolute atomic E-state index is 0.152. The molecule has 1 aromatic carbocycles. The minimum atomic E-state index is -0.152. The molecule has 15 heavy (non-hydrogen) atoms. The van der Waals surface area contributed by atoms with Gasteiger partial charge in [-0.3, -0.25) is 0 Å². The van der Waals surface area contributed by atoms with Crippen molar-refractivity contribution in [1.29, 1.82) is 5.41 Å². The fraction of sp³-hybridized carbons (Fsp3) is 0.462. The summed E-state index contributed by atoms with van der Waals surface area (Å²) in [6.45, 7) is 0. The van der Waals surface area contributed by atoms with Crippen molar-refractivity contribution in [2.24, 2.45) is 4.99 Å². The van der Waals surface area contributed by atoms with E-state index in [1.807, 2.05) is 18.2 Å². The summed E-state index contributed by atoms with van der Waals surface area (Å²) in [5, 5.41) is 7.10. The number of nitrogens with one attached hydrogen (secondary N) is 1. The zero-order valence-corrected chi connectivity index (χ0v) is 8.87. The number of nitrogens with zero attached hydrogens (tertiary/aromatic N) is 1. The smallest absolute Gasteiger partial charge is 0.0965 e. The van der Waals surface area contributed by atoms with Gasteiger partial charge in [0.05, 0.1) is 11.5 Å². The van der Waals surface area contributed by atoms with E-state index in [1.54, 1.807) is 0 Å². The monoisotopic (exact) mass is 200 g/mol. The number of hydrogen-bond acceptors (Lipinski definition) is 2. The van der Waals surface area contributed by atoms with Crippen LogP contribution in [0.1, 0.15) is 37.7 Å². The Morgan fingerprint density at radius 3 is 2.33 bits per heavy atom. The highest BCUT2D eigenvalue weighted by Crippen LogP contribution is 2.40. The summed E-state index contributed by atoms with van der Waals surface area (Å²) in [7, 11) is 0. The molecular weight excluding hydrogens is 184 g/mol. The van der Waals surface area contributed by atoms with E-state index in [4.69, 9.17) is 5.41 Å². The molecule has 1 aliphatic rings. The molecular formula is C13H16N2. The van der Waals surface area contributed by atoms with Crippen molar-refractivity contribution in [2.45, 2.75) is 37.6 Å². The highest BCUT2D eigenvalue weighted by molar-refractivity contribution is 5.40. The zero-order valence-electron chi connectivity index (χ0n) is 8.87. The first kappa shape index (κ1) is 10.1. The first-order valence-electron chi connectivity index (χ1n) is 5.57. The Morgan fingerprint density at radius 2 is 1.73 bits per heavy atom. The lowest BCUT2D eigenvalue weighted by molar-refractivity contribution is 0.306. The van der Waals surface area contributed by atoms with Gasteiger partial charge in [0.15, 0.2) is 0 Å². The van der Waals surface area contributed by atoms with Crippen molar-refractivity contribution in [2.75, 3.05) is 0 Å². The van der Waals surface area contributed by atoms with Crippen LogP contribution in [-0.4, -0.2) is 6.01 Å². The van der Waals surface area contributed by atoms with Gasteiger partial charge in [-0.2, -0.15) is 0 Å². The van der Waals surface area contributed by atoms with Gasteiger partial charge >= 0.3 is 0 Å². The third-order valence-corrected chi connectivity index (χ3v) is 3.26. The SMILES string of the molecule is N=C=NC1(c2ccccc2)CCCCC1. The van der Waals surface area contributed by atoms with Crippen LogP contribution in [0.4, 0.5) is 0 Å². The van der Waals surface area contributed by atoms with Crippen molar-refractivity contribution < 1.29 is 0 Å². The van der Waals surface area contributed by atoms with E-state index >= 15 is 0 Å². The van der Waals surface area contributed by atoms with Gasteiger partial charge in [-0.25, -0.2) is 10.4 Å². The number of benzene rings is 1. The van der Waals surface area contributed by atoms with Crippen molar-refractivity contribution in [3.05, 3.63) is 35.9 Å². The van der Waals surface area contributed by atoms with Crippen LogP contribution in [0.2, 0.25) is 0 Å². The summed E-state index contributed by atoms with van der Waals surface area (Å²) < 4.78 is 0. The van der Waals surface area contributed by atoms with Crippen LogP contribution in [0.5, 0.6) is 0 Å². The standard InChI is InChI=1S/C13H16N2/c14-11-15-13(9-5-2-6-10-13)12-7-3-1-4-8-12/h1,3-4,7-8,14H,2,5-6,9-10H2. The predicted molar refractivity (Wildman–Crippen MR) is 61.4 cm³/mol. The third kappa shape index (κ3) is 2.00. The molecule has 78 valence electrons. The lowest BCUT2D eigenvalue weighted by Gasteiger charge is -2.32. The number of hydrogen-bond donors (Lipinski definition) is 1.